The average Bonchev–Trinajstić information content (AvgIpc) is 2.98. The van der Waals surface area contributed by atoms with Crippen molar-refractivity contribution in [3.8, 4) is 0 Å². The predicted molar refractivity (Wildman–Crippen MR) is 88.4 cm³/mol. The summed E-state index contributed by atoms with van der Waals surface area (Å²) in [7, 11) is 0. The number of nitrogens with one attached hydrogen (secondary N) is 1. The van der Waals surface area contributed by atoms with Gasteiger partial charge >= 0.3 is 0 Å². The van der Waals surface area contributed by atoms with E-state index < -0.39 is 0 Å². The van der Waals surface area contributed by atoms with Crippen LogP contribution in [0.25, 0.3) is 0 Å². The van der Waals surface area contributed by atoms with E-state index in [1.807, 2.05) is 29.1 Å². The number of hydrogen-bond donors (Lipinski definition) is 2. The van der Waals surface area contributed by atoms with Gasteiger partial charge in [0.1, 0.15) is 0 Å². The maximum atomic E-state index is 5.96. The van der Waals surface area contributed by atoms with Gasteiger partial charge in [-0.15, -0.1) is 0 Å². The van der Waals surface area contributed by atoms with Gasteiger partial charge in [-0.05, 0) is 36.0 Å². The first-order valence-corrected chi connectivity index (χ1v) is 7.89. The minimum atomic E-state index is 0.542. The second kappa shape index (κ2) is 7.11. The topological polar surface area (TPSA) is 68.2 Å². The Bertz CT molecular complexity index is 614. The molecule has 0 unspecified atom stereocenters. The van der Waals surface area contributed by atoms with Gasteiger partial charge in [-0.1, -0.05) is 30.7 Å². The molecular formula is C17H23N5. The van der Waals surface area contributed by atoms with Gasteiger partial charge in [-0.3, -0.25) is 4.68 Å². The first-order valence-electron chi connectivity index (χ1n) is 7.89. The standard InChI is InChI=1S/C17H23N5/c18-17(19-11-14-5-3-6-14)20-12-15-7-1-2-8-16(15)13-22-10-4-9-21-22/h1-2,4,7-10,14H,3,5-6,11-13H2,(H3,18,19,20). The van der Waals surface area contributed by atoms with Crippen LogP contribution in [0.4, 0.5) is 0 Å². The molecule has 1 saturated carbocycles. The quantitative estimate of drug-likeness (QED) is 0.634. The maximum Gasteiger partial charge on any atom is 0.188 e. The highest BCUT2D eigenvalue weighted by molar-refractivity contribution is 5.77. The van der Waals surface area contributed by atoms with E-state index in [4.69, 9.17) is 5.73 Å². The number of rotatable bonds is 6. The molecule has 116 valence electrons. The molecule has 1 aliphatic rings. The monoisotopic (exact) mass is 297 g/mol. The molecule has 22 heavy (non-hydrogen) atoms. The Hall–Kier alpha value is -2.30. The average molecular weight is 297 g/mol. The van der Waals surface area contributed by atoms with Crippen LogP contribution in [0.1, 0.15) is 30.4 Å². The Morgan fingerprint density at radius 2 is 2.09 bits per heavy atom. The lowest BCUT2D eigenvalue weighted by Crippen LogP contribution is -2.37. The van der Waals surface area contributed by atoms with Crippen LogP contribution in [0.5, 0.6) is 0 Å². The summed E-state index contributed by atoms with van der Waals surface area (Å²) in [5.41, 5.74) is 8.37. The minimum absolute atomic E-state index is 0.542. The van der Waals surface area contributed by atoms with Crippen molar-refractivity contribution in [3.63, 3.8) is 0 Å². The zero-order valence-electron chi connectivity index (χ0n) is 12.8. The van der Waals surface area contributed by atoms with E-state index >= 15 is 0 Å². The summed E-state index contributed by atoms with van der Waals surface area (Å²) in [5.74, 6) is 1.32. The summed E-state index contributed by atoms with van der Waals surface area (Å²) in [6.07, 6.45) is 7.74. The molecule has 1 heterocycles. The predicted octanol–water partition coefficient (Wildman–Crippen LogP) is 2.14. The van der Waals surface area contributed by atoms with E-state index in [1.165, 1.54) is 30.4 Å². The highest BCUT2D eigenvalue weighted by Gasteiger charge is 2.16. The molecule has 3 N–H and O–H groups in total. The summed E-state index contributed by atoms with van der Waals surface area (Å²) in [6, 6.07) is 10.2. The minimum Gasteiger partial charge on any atom is -0.370 e. The normalized spacial score (nSPS) is 15.5. The summed E-state index contributed by atoms with van der Waals surface area (Å²) < 4.78 is 1.92. The molecule has 1 fully saturated rings. The molecule has 0 bridgehead atoms. The van der Waals surface area contributed by atoms with E-state index in [2.05, 4.69) is 27.5 Å². The van der Waals surface area contributed by atoms with Gasteiger partial charge in [-0.2, -0.15) is 5.10 Å². The fraction of sp³-hybridized carbons (Fsp3) is 0.412. The van der Waals surface area contributed by atoms with E-state index in [9.17, 15) is 0 Å². The molecule has 5 nitrogen and oxygen atoms in total. The van der Waals surface area contributed by atoms with E-state index in [0.29, 0.717) is 12.5 Å². The fourth-order valence-electron chi connectivity index (χ4n) is 2.61. The van der Waals surface area contributed by atoms with E-state index in [1.54, 1.807) is 6.20 Å². The third-order valence-corrected chi connectivity index (χ3v) is 4.23. The van der Waals surface area contributed by atoms with Crippen LogP contribution < -0.4 is 11.1 Å². The van der Waals surface area contributed by atoms with Gasteiger partial charge < -0.3 is 11.1 Å². The summed E-state index contributed by atoms with van der Waals surface area (Å²) in [5, 5.41) is 7.49. The van der Waals surface area contributed by atoms with Gasteiger partial charge in [0.05, 0.1) is 13.1 Å². The molecule has 0 radical (unpaired) electrons. The second-order valence-corrected chi connectivity index (χ2v) is 5.85. The van der Waals surface area contributed by atoms with Gasteiger partial charge in [-0.25, -0.2) is 4.99 Å². The molecular weight excluding hydrogens is 274 g/mol. The van der Waals surface area contributed by atoms with Crippen LogP contribution in [-0.2, 0) is 13.1 Å². The van der Waals surface area contributed by atoms with Crippen molar-refractivity contribution < 1.29 is 0 Å². The number of hydrogen-bond acceptors (Lipinski definition) is 2. The number of aromatic nitrogens is 2. The van der Waals surface area contributed by atoms with Gasteiger partial charge in [0, 0.05) is 18.9 Å². The molecule has 0 atom stereocenters. The largest absolute Gasteiger partial charge is 0.370 e. The van der Waals surface area contributed by atoms with E-state index in [-0.39, 0.29) is 0 Å². The first-order chi connectivity index (χ1) is 10.8. The molecule has 1 aromatic carbocycles. The number of aliphatic imine (C=N–C) groups is 1. The summed E-state index contributed by atoms with van der Waals surface area (Å²) >= 11 is 0. The smallest absolute Gasteiger partial charge is 0.188 e. The number of nitrogens with two attached hydrogens (primary N) is 1. The molecule has 0 spiro atoms. The van der Waals surface area contributed by atoms with Crippen molar-refractivity contribution >= 4 is 5.96 Å². The molecule has 1 aromatic heterocycles. The molecule has 1 aliphatic carbocycles. The van der Waals surface area contributed by atoms with Crippen LogP contribution in [-0.4, -0.2) is 22.3 Å². The molecule has 0 saturated heterocycles. The Balaban J connectivity index is 1.59. The Labute approximate surface area is 131 Å². The lowest BCUT2D eigenvalue weighted by atomic mass is 9.85. The lowest BCUT2D eigenvalue weighted by molar-refractivity contribution is 0.315. The van der Waals surface area contributed by atoms with Crippen LogP contribution in [0, 0.1) is 5.92 Å². The number of guanidine groups is 1. The van der Waals surface area contributed by atoms with Gasteiger partial charge in [0.15, 0.2) is 5.96 Å². The SMILES string of the molecule is NC(=NCc1ccccc1Cn1cccn1)NCC1CCC1. The number of benzene rings is 1. The van der Waals surface area contributed by atoms with Crippen molar-refractivity contribution in [2.45, 2.75) is 32.4 Å². The van der Waals surface area contributed by atoms with Crippen LogP contribution in [0.2, 0.25) is 0 Å². The van der Waals surface area contributed by atoms with Crippen molar-refractivity contribution in [1.29, 1.82) is 0 Å². The molecule has 3 rings (SSSR count). The lowest BCUT2D eigenvalue weighted by Gasteiger charge is -2.25. The zero-order chi connectivity index (χ0) is 15.2. The highest BCUT2D eigenvalue weighted by atomic mass is 15.3. The Kier molecular flexibility index (Phi) is 4.73. The first kappa shape index (κ1) is 14.6. The van der Waals surface area contributed by atoms with E-state index in [0.717, 1.165) is 19.0 Å². The van der Waals surface area contributed by atoms with Crippen LogP contribution in [0.15, 0.2) is 47.7 Å². The maximum absolute atomic E-state index is 5.96. The van der Waals surface area contributed by atoms with Crippen molar-refractivity contribution in [3.05, 3.63) is 53.9 Å². The number of nitrogens with zero attached hydrogens (tertiary/aromatic N) is 3. The highest BCUT2D eigenvalue weighted by Crippen LogP contribution is 2.25. The second-order valence-electron chi connectivity index (χ2n) is 5.85. The third-order valence-electron chi connectivity index (χ3n) is 4.23. The van der Waals surface area contributed by atoms with Gasteiger partial charge in [0.2, 0.25) is 0 Å². The van der Waals surface area contributed by atoms with Crippen molar-refractivity contribution in [2.75, 3.05) is 6.54 Å². The Morgan fingerprint density at radius 3 is 2.77 bits per heavy atom. The Morgan fingerprint density at radius 1 is 1.27 bits per heavy atom. The van der Waals surface area contributed by atoms with Crippen LogP contribution >= 0.6 is 0 Å². The van der Waals surface area contributed by atoms with Crippen molar-refractivity contribution in [2.24, 2.45) is 16.6 Å². The van der Waals surface area contributed by atoms with Gasteiger partial charge in [0.25, 0.3) is 0 Å². The molecule has 2 aromatic rings. The fourth-order valence-corrected chi connectivity index (χ4v) is 2.61. The molecule has 0 aliphatic heterocycles. The zero-order valence-corrected chi connectivity index (χ0v) is 12.8. The third kappa shape index (κ3) is 3.87. The molecule has 5 heteroatoms. The molecule has 0 amide bonds. The summed E-state index contributed by atoms with van der Waals surface area (Å²) in [6.45, 7) is 2.30. The summed E-state index contributed by atoms with van der Waals surface area (Å²) in [4.78, 5) is 4.47. The van der Waals surface area contributed by atoms with Crippen molar-refractivity contribution in [1.82, 2.24) is 15.1 Å². The van der Waals surface area contributed by atoms with Crippen LogP contribution in [0.3, 0.4) is 0 Å².